The van der Waals surface area contributed by atoms with Gasteiger partial charge in [0.2, 0.25) is 0 Å². The number of aromatic nitrogens is 1. The lowest BCUT2D eigenvalue weighted by Crippen LogP contribution is -2.44. The van der Waals surface area contributed by atoms with Gasteiger partial charge in [-0.15, -0.1) is 0 Å². The second kappa shape index (κ2) is 7.21. The Labute approximate surface area is 120 Å². The van der Waals surface area contributed by atoms with E-state index in [-0.39, 0.29) is 5.91 Å². The number of carbonyl (C=O) groups excluding carboxylic acids is 1. The van der Waals surface area contributed by atoms with Gasteiger partial charge in [0.05, 0.1) is 0 Å². The fourth-order valence-corrected chi connectivity index (χ4v) is 2.17. The van der Waals surface area contributed by atoms with Gasteiger partial charge in [0.1, 0.15) is 5.82 Å². The van der Waals surface area contributed by atoms with E-state index in [9.17, 15) is 4.79 Å². The van der Waals surface area contributed by atoms with Crippen LogP contribution >= 0.6 is 0 Å². The molecular weight excluding hydrogens is 254 g/mol. The highest BCUT2D eigenvalue weighted by Gasteiger charge is 2.16. The summed E-state index contributed by atoms with van der Waals surface area (Å²) in [4.78, 5) is 20.9. The zero-order valence-electron chi connectivity index (χ0n) is 12.0. The van der Waals surface area contributed by atoms with E-state index in [1.54, 1.807) is 12.3 Å². The third-order valence-corrected chi connectivity index (χ3v) is 3.50. The summed E-state index contributed by atoms with van der Waals surface area (Å²) in [5, 5.41) is 2.86. The number of carbonyl (C=O) groups is 1. The summed E-state index contributed by atoms with van der Waals surface area (Å²) in [6, 6.07) is 3.61. The number of nitrogens with two attached hydrogens (primary N) is 1. The summed E-state index contributed by atoms with van der Waals surface area (Å²) < 4.78 is 0. The molecule has 1 aliphatic rings. The molecule has 3 N–H and O–H groups in total. The second-order valence-corrected chi connectivity index (χ2v) is 5.09. The Morgan fingerprint density at radius 2 is 2.15 bits per heavy atom. The highest BCUT2D eigenvalue weighted by atomic mass is 16.1. The van der Waals surface area contributed by atoms with Crippen molar-refractivity contribution in [2.75, 3.05) is 51.2 Å². The van der Waals surface area contributed by atoms with Crippen LogP contribution in [0.4, 0.5) is 5.82 Å². The van der Waals surface area contributed by atoms with Gasteiger partial charge in [-0.2, -0.15) is 0 Å². The van der Waals surface area contributed by atoms with E-state index >= 15 is 0 Å². The summed E-state index contributed by atoms with van der Waals surface area (Å²) in [5.41, 5.74) is 6.07. The van der Waals surface area contributed by atoms with Crippen LogP contribution in [-0.4, -0.2) is 62.1 Å². The van der Waals surface area contributed by atoms with Crippen molar-refractivity contribution < 1.29 is 4.79 Å². The summed E-state index contributed by atoms with van der Waals surface area (Å²) in [6.45, 7) is 5.14. The molecule has 2 rings (SSSR count). The van der Waals surface area contributed by atoms with Crippen molar-refractivity contribution in [1.29, 1.82) is 0 Å². The van der Waals surface area contributed by atoms with Crippen molar-refractivity contribution in [2.45, 2.75) is 6.42 Å². The van der Waals surface area contributed by atoms with E-state index in [0.29, 0.717) is 18.7 Å². The molecular formula is C14H23N5O. The Kier molecular flexibility index (Phi) is 5.31. The predicted molar refractivity (Wildman–Crippen MR) is 80.0 cm³/mol. The van der Waals surface area contributed by atoms with Crippen LogP contribution in [0.2, 0.25) is 0 Å². The van der Waals surface area contributed by atoms with E-state index < -0.39 is 0 Å². The number of piperazine rings is 1. The molecule has 0 aromatic carbocycles. The molecule has 1 aromatic rings. The Hall–Kier alpha value is -1.66. The van der Waals surface area contributed by atoms with Crippen molar-refractivity contribution in [3.63, 3.8) is 0 Å². The molecule has 0 bridgehead atoms. The molecule has 1 fully saturated rings. The van der Waals surface area contributed by atoms with Gasteiger partial charge < -0.3 is 20.9 Å². The molecule has 1 amide bonds. The SMILES string of the molecule is CN1CCN(c2cc(C(=O)NCCCN)ccn2)CC1. The molecule has 0 radical (unpaired) electrons. The number of nitrogens with zero attached hydrogens (tertiary/aromatic N) is 3. The van der Waals surface area contributed by atoms with E-state index in [2.05, 4.69) is 27.1 Å². The van der Waals surface area contributed by atoms with Gasteiger partial charge in [0.15, 0.2) is 0 Å². The average Bonchev–Trinajstić information content (AvgIpc) is 2.48. The van der Waals surface area contributed by atoms with Crippen LogP contribution < -0.4 is 16.0 Å². The molecule has 1 saturated heterocycles. The lowest BCUT2D eigenvalue weighted by Gasteiger charge is -2.33. The normalized spacial score (nSPS) is 16.2. The monoisotopic (exact) mass is 277 g/mol. The van der Waals surface area contributed by atoms with E-state index in [4.69, 9.17) is 5.73 Å². The number of nitrogens with one attached hydrogen (secondary N) is 1. The van der Waals surface area contributed by atoms with Crippen molar-refractivity contribution >= 4 is 11.7 Å². The van der Waals surface area contributed by atoms with Gasteiger partial charge in [-0.05, 0) is 32.1 Å². The Morgan fingerprint density at radius 3 is 2.85 bits per heavy atom. The molecule has 20 heavy (non-hydrogen) atoms. The van der Waals surface area contributed by atoms with Crippen molar-refractivity contribution in [3.05, 3.63) is 23.9 Å². The largest absolute Gasteiger partial charge is 0.354 e. The smallest absolute Gasteiger partial charge is 0.251 e. The highest BCUT2D eigenvalue weighted by Crippen LogP contribution is 2.14. The minimum Gasteiger partial charge on any atom is -0.354 e. The first-order chi connectivity index (χ1) is 9.70. The minimum atomic E-state index is -0.0590. The molecule has 0 spiro atoms. The molecule has 2 heterocycles. The lowest BCUT2D eigenvalue weighted by molar-refractivity contribution is 0.0953. The minimum absolute atomic E-state index is 0.0590. The number of anilines is 1. The molecule has 0 saturated carbocycles. The van der Waals surface area contributed by atoms with E-state index in [1.807, 2.05) is 6.07 Å². The van der Waals surface area contributed by atoms with Crippen LogP contribution in [0.25, 0.3) is 0 Å². The van der Waals surface area contributed by atoms with E-state index in [1.165, 1.54) is 0 Å². The molecule has 0 unspecified atom stereocenters. The van der Waals surface area contributed by atoms with Crippen molar-refractivity contribution in [1.82, 2.24) is 15.2 Å². The quantitative estimate of drug-likeness (QED) is 0.736. The van der Waals surface area contributed by atoms with Gasteiger partial charge in [-0.3, -0.25) is 4.79 Å². The lowest BCUT2D eigenvalue weighted by atomic mass is 10.2. The van der Waals surface area contributed by atoms with Crippen LogP contribution in [-0.2, 0) is 0 Å². The fraction of sp³-hybridized carbons (Fsp3) is 0.571. The number of pyridine rings is 1. The van der Waals surface area contributed by atoms with Crippen LogP contribution in [0, 0.1) is 0 Å². The molecule has 110 valence electrons. The average molecular weight is 277 g/mol. The maximum absolute atomic E-state index is 12.0. The van der Waals surface area contributed by atoms with Gasteiger partial charge in [-0.25, -0.2) is 4.98 Å². The maximum atomic E-state index is 12.0. The first-order valence-corrected chi connectivity index (χ1v) is 7.08. The molecule has 0 aliphatic carbocycles. The highest BCUT2D eigenvalue weighted by molar-refractivity contribution is 5.94. The van der Waals surface area contributed by atoms with Crippen LogP contribution in [0.3, 0.4) is 0 Å². The number of likely N-dealkylation sites (N-methyl/N-ethyl adjacent to an activating group) is 1. The van der Waals surface area contributed by atoms with Crippen LogP contribution in [0.5, 0.6) is 0 Å². The van der Waals surface area contributed by atoms with Gasteiger partial charge in [0, 0.05) is 44.5 Å². The number of amides is 1. The summed E-state index contributed by atoms with van der Waals surface area (Å²) >= 11 is 0. The van der Waals surface area contributed by atoms with Crippen molar-refractivity contribution in [3.8, 4) is 0 Å². The summed E-state index contributed by atoms with van der Waals surface area (Å²) in [5.74, 6) is 0.820. The van der Waals surface area contributed by atoms with Gasteiger partial charge >= 0.3 is 0 Å². The van der Waals surface area contributed by atoms with Gasteiger partial charge in [0.25, 0.3) is 5.91 Å². The fourth-order valence-electron chi connectivity index (χ4n) is 2.17. The maximum Gasteiger partial charge on any atom is 0.251 e. The Morgan fingerprint density at radius 1 is 1.40 bits per heavy atom. The molecule has 1 aliphatic heterocycles. The molecule has 6 nitrogen and oxygen atoms in total. The summed E-state index contributed by atoms with van der Waals surface area (Å²) in [6.07, 6.45) is 2.49. The topological polar surface area (TPSA) is 74.5 Å². The predicted octanol–water partition coefficient (Wildman–Crippen LogP) is -0.0880. The second-order valence-electron chi connectivity index (χ2n) is 5.09. The van der Waals surface area contributed by atoms with E-state index in [0.717, 1.165) is 38.4 Å². The zero-order valence-corrected chi connectivity index (χ0v) is 12.0. The molecule has 1 aromatic heterocycles. The first kappa shape index (κ1) is 14.7. The number of hydrogen-bond donors (Lipinski definition) is 2. The first-order valence-electron chi connectivity index (χ1n) is 7.08. The molecule has 6 heteroatoms. The Balaban J connectivity index is 1.98. The van der Waals surface area contributed by atoms with Crippen LogP contribution in [0.15, 0.2) is 18.3 Å². The summed E-state index contributed by atoms with van der Waals surface area (Å²) in [7, 11) is 2.12. The Bertz CT molecular complexity index is 443. The molecule has 0 atom stereocenters. The van der Waals surface area contributed by atoms with Crippen molar-refractivity contribution in [2.24, 2.45) is 5.73 Å². The van der Waals surface area contributed by atoms with Gasteiger partial charge in [-0.1, -0.05) is 0 Å². The number of rotatable bonds is 5. The van der Waals surface area contributed by atoms with Crippen LogP contribution in [0.1, 0.15) is 16.8 Å². The number of hydrogen-bond acceptors (Lipinski definition) is 5. The third-order valence-electron chi connectivity index (χ3n) is 3.50. The standard InChI is InChI=1S/C14H23N5O/c1-18-7-9-19(10-8-18)13-11-12(3-6-16-13)14(20)17-5-2-4-15/h3,6,11H,2,4-5,7-10,15H2,1H3,(H,17,20). The third kappa shape index (κ3) is 3.91. The zero-order chi connectivity index (χ0) is 14.4.